The van der Waals surface area contributed by atoms with E-state index in [0.717, 1.165) is 20.8 Å². The minimum absolute atomic E-state index is 0.108. The lowest BCUT2D eigenvalue weighted by Crippen LogP contribution is -2.14. The number of aryl methyl sites for hydroxylation is 3. The fourth-order valence-corrected chi connectivity index (χ4v) is 4.80. The van der Waals surface area contributed by atoms with Gasteiger partial charge in [-0.15, -0.1) is 21.5 Å². The summed E-state index contributed by atoms with van der Waals surface area (Å²) in [5.41, 5.74) is 2.95. The summed E-state index contributed by atoms with van der Waals surface area (Å²) in [5.74, 6) is 7.42. The number of hydrogen-bond acceptors (Lipinski definition) is 7. The van der Waals surface area contributed by atoms with Gasteiger partial charge in [0.15, 0.2) is 5.82 Å². The molecule has 144 valence electrons. The smallest absolute Gasteiger partial charge is 0.259 e. The van der Waals surface area contributed by atoms with Crippen molar-refractivity contribution in [2.75, 3.05) is 5.84 Å². The molecule has 9 heteroatoms. The number of nitrogens with one attached hydrogen (secondary N) is 1. The molecule has 0 bridgehead atoms. The Morgan fingerprint density at radius 2 is 1.89 bits per heavy atom. The average Bonchev–Trinajstić information content (AvgIpc) is 3.16. The van der Waals surface area contributed by atoms with Crippen LogP contribution in [0.5, 0.6) is 0 Å². The van der Waals surface area contributed by atoms with E-state index in [0.29, 0.717) is 22.2 Å². The van der Waals surface area contributed by atoms with Gasteiger partial charge in [0.25, 0.3) is 5.56 Å². The second-order valence-electron chi connectivity index (χ2n) is 6.72. The van der Waals surface area contributed by atoms with Crippen molar-refractivity contribution in [3.05, 3.63) is 56.4 Å². The highest BCUT2D eigenvalue weighted by molar-refractivity contribution is 7.99. The summed E-state index contributed by atoms with van der Waals surface area (Å²) < 4.78 is 1.47. The average molecular weight is 413 g/mol. The van der Waals surface area contributed by atoms with E-state index < -0.39 is 0 Å². The molecule has 1 atom stereocenters. The molecule has 7 nitrogen and oxygen atoms in total. The van der Waals surface area contributed by atoms with E-state index in [1.54, 1.807) is 0 Å². The summed E-state index contributed by atoms with van der Waals surface area (Å²) in [6, 6.07) is 7.95. The molecule has 3 N–H and O–H groups in total. The molecule has 28 heavy (non-hydrogen) atoms. The first kappa shape index (κ1) is 18.7. The van der Waals surface area contributed by atoms with Crippen LogP contribution in [0.15, 0.2) is 34.2 Å². The SMILES string of the molecule is Cc1ccc(-c2nnc(SC(C)c3nc4sc(C)c(C)c4c(=O)[nH]3)n2N)cc1. The predicted octanol–water partition coefficient (Wildman–Crippen LogP) is 3.74. The molecular weight excluding hydrogens is 392 g/mol. The van der Waals surface area contributed by atoms with E-state index in [2.05, 4.69) is 20.2 Å². The van der Waals surface area contributed by atoms with Gasteiger partial charge in [-0.2, -0.15) is 0 Å². The molecule has 3 aromatic heterocycles. The van der Waals surface area contributed by atoms with Crippen molar-refractivity contribution < 1.29 is 0 Å². The van der Waals surface area contributed by atoms with Gasteiger partial charge < -0.3 is 10.8 Å². The maximum atomic E-state index is 12.5. The molecule has 1 unspecified atom stereocenters. The predicted molar refractivity (Wildman–Crippen MR) is 114 cm³/mol. The van der Waals surface area contributed by atoms with Crippen LogP contribution >= 0.6 is 23.1 Å². The molecule has 4 rings (SSSR count). The number of thioether (sulfide) groups is 1. The monoisotopic (exact) mass is 412 g/mol. The third-order valence-corrected chi connectivity index (χ3v) is 6.87. The van der Waals surface area contributed by atoms with Crippen molar-refractivity contribution in [2.45, 2.75) is 38.1 Å². The van der Waals surface area contributed by atoms with Gasteiger partial charge in [0.1, 0.15) is 10.7 Å². The highest BCUT2D eigenvalue weighted by Crippen LogP contribution is 2.34. The first-order chi connectivity index (χ1) is 13.3. The minimum Gasteiger partial charge on any atom is -0.335 e. The zero-order chi connectivity index (χ0) is 20.0. The maximum Gasteiger partial charge on any atom is 0.259 e. The minimum atomic E-state index is -0.141. The molecular formula is C19H20N6OS2. The highest BCUT2D eigenvalue weighted by Gasteiger charge is 2.20. The molecule has 4 aromatic rings. The van der Waals surface area contributed by atoms with E-state index in [4.69, 9.17) is 5.84 Å². The number of fused-ring (bicyclic) bond motifs is 1. The van der Waals surface area contributed by atoms with Gasteiger partial charge in [-0.1, -0.05) is 41.6 Å². The molecule has 0 aliphatic carbocycles. The molecule has 0 amide bonds. The van der Waals surface area contributed by atoms with Gasteiger partial charge in [-0.3, -0.25) is 4.79 Å². The molecule has 0 aliphatic rings. The molecule has 0 aliphatic heterocycles. The van der Waals surface area contributed by atoms with E-state index in [-0.39, 0.29) is 10.8 Å². The Morgan fingerprint density at radius 3 is 2.61 bits per heavy atom. The number of nitrogens with two attached hydrogens (primary N) is 1. The van der Waals surface area contributed by atoms with Crippen LogP contribution in [0.3, 0.4) is 0 Å². The van der Waals surface area contributed by atoms with Crippen LogP contribution in [0.25, 0.3) is 21.6 Å². The van der Waals surface area contributed by atoms with Crippen LogP contribution in [-0.4, -0.2) is 24.8 Å². The van der Waals surface area contributed by atoms with Gasteiger partial charge >= 0.3 is 0 Å². The van der Waals surface area contributed by atoms with Gasteiger partial charge in [0.05, 0.1) is 10.6 Å². The van der Waals surface area contributed by atoms with Crippen molar-refractivity contribution in [1.82, 2.24) is 24.8 Å². The first-order valence-corrected chi connectivity index (χ1v) is 10.5. The Bertz CT molecular complexity index is 1220. The summed E-state index contributed by atoms with van der Waals surface area (Å²) in [5, 5.41) is 9.53. The van der Waals surface area contributed by atoms with Crippen molar-refractivity contribution in [3.8, 4) is 11.4 Å². The number of benzene rings is 1. The quantitative estimate of drug-likeness (QED) is 0.391. The van der Waals surface area contributed by atoms with E-state index >= 15 is 0 Å². The van der Waals surface area contributed by atoms with Gasteiger partial charge in [-0.05, 0) is 33.3 Å². The Balaban J connectivity index is 1.64. The van der Waals surface area contributed by atoms with Crippen LogP contribution in [0.4, 0.5) is 0 Å². The largest absolute Gasteiger partial charge is 0.335 e. The lowest BCUT2D eigenvalue weighted by molar-refractivity contribution is 0.835. The summed E-state index contributed by atoms with van der Waals surface area (Å²) in [6.45, 7) is 7.94. The molecule has 0 saturated carbocycles. The van der Waals surface area contributed by atoms with Gasteiger partial charge in [0, 0.05) is 10.4 Å². The number of nitrogens with zero attached hydrogens (tertiary/aromatic N) is 4. The van der Waals surface area contributed by atoms with E-state index in [1.807, 2.05) is 52.0 Å². The number of nitrogen functional groups attached to an aromatic ring is 1. The molecule has 0 spiro atoms. The second kappa shape index (κ2) is 7.06. The number of thiophene rings is 1. The fourth-order valence-electron chi connectivity index (χ4n) is 2.93. The molecule has 0 radical (unpaired) electrons. The topological polar surface area (TPSA) is 102 Å². The Labute approximate surface area is 170 Å². The third kappa shape index (κ3) is 3.20. The lowest BCUT2D eigenvalue weighted by atomic mass is 10.1. The number of aromatic nitrogens is 5. The second-order valence-corrected chi connectivity index (χ2v) is 9.23. The molecule has 1 aromatic carbocycles. The standard InChI is InChI=1S/C19H20N6OS2/c1-9-5-7-13(8-6-9)16-23-24-19(25(16)20)28-12(4)15-21-17(26)14-10(2)11(3)27-18(14)22-15/h5-8,12H,20H2,1-4H3,(H,21,22,26). The van der Waals surface area contributed by atoms with Crippen LogP contribution in [0.1, 0.15) is 34.0 Å². The lowest BCUT2D eigenvalue weighted by Gasteiger charge is -2.10. The summed E-state index contributed by atoms with van der Waals surface area (Å²) >= 11 is 2.94. The van der Waals surface area contributed by atoms with Crippen molar-refractivity contribution in [2.24, 2.45) is 0 Å². The molecule has 3 heterocycles. The van der Waals surface area contributed by atoms with E-state index in [1.165, 1.54) is 33.3 Å². The number of aromatic amines is 1. The normalized spacial score (nSPS) is 12.6. The Kier molecular flexibility index (Phi) is 4.72. The van der Waals surface area contributed by atoms with Gasteiger partial charge in [-0.25, -0.2) is 9.66 Å². The third-order valence-electron chi connectivity index (χ3n) is 4.70. The zero-order valence-corrected chi connectivity index (χ0v) is 17.6. The zero-order valence-electron chi connectivity index (χ0n) is 16.0. The Morgan fingerprint density at radius 1 is 1.18 bits per heavy atom. The van der Waals surface area contributed by atoms with Crippen molar-refractivity contribution in [3.63, 3.8) is 0 Å². The van der Waals surface area contributed by atoms with Crippen LogP contribution in [0.2, 0.25) is 0 Å². The maximum absolute atomic E-state index is 12.5. The number of H-pyrrole nitrogens is 1. The number of hydrogen-bond donors (Lipinski definition) is 2. The summed E-state index contributed by atoms with van der Waals surface area (Å²) in [4.78, 5) is 22.0. The molecule has 0 saturated heterocycles. The Hall–Kier alpha value is -2.65. The summed E-state index contributed by atoms with van der Waals surface area (Å²) in [7, 11) is 0. The van der Waals surface area contributed by atoms with E-state index in [9.17, 15) is 4.79 Å². The van der Waals surface area contributed by atoms with Gasteiger partial charge in [0.2, 0.25) is 5.16 Å². The molecule has 0 fully saturated rings. The van der Waals surface area contributed by atoms with Crippen molar-refractivity contribution in [1.29, 1.82) is 0 Å². The first-order valence-electron chi connectivity index (χ1n) is 8.79. The van der Waals surface area contributed by atoms with Crippen molar-refractivity contribution >= 4 is 33.3 Å². The summed E-state index contributed by atoms with van der Waals surface area (Å²) in [6.07, 6.45) is 0. The van der Waals surface area contributed by atoms with Crippen LogP contribution in [-0.2, 0) is 0 Å². The van der Waals surface area contributed by atoms with Crippen LogP contribution < -0.4 is 11.4 Å². The number of rotatable bonds is 4. The fraction of sp³-hybridized carbons (Fsp3) is 0.263. The highest BCUT2D eigenvalue weighted by atomic mass is 32.2. The van der Waals surface area contributed by atoms with Crippen LogP contribution in [0, 0.1) is 20.8 Å².